The van der Waals surface area contributed by atoms with Crippen molar-refractivity contribution in [2.75, 3.05) is 11.7 Å². The number of ether oxygens (including phenoxy) is 1. The molecule has 146 valence electrons. The highest BCUT2D eigenvalue weighted by Gasteiger charge is 2.28. The van der Waals surface area contributed by atoms with Gasteiger partial charge in [0.1, 0.15) is 5.60 Å². The molecule has 28 heavy (non-hydrogen) atoms. The Morgan fingerprint density at radius 3 is 2.21 bits per heavy atom. The average molecular weight is 381 g/mol. The van der Waals surface area contributed by atoms with Gasteiger partial charge in [-0.25, -0.2) is 14.7 Å². The van der Waals surface area contributed by atoms with Crippen molar-refractivity contribution in [1.29, 1.82) is 0 Å². The van der Waals surface area contributed by atoms with Crippen molar-refractivity contribution in [1.82, 2.24) is 0 Å². The maximum absolute atomic E-state index is 12.0. The maximum atomic E-state index is 12.0. The van der Waals surface area contributed by atoms with Crippen LogP contribution in [0.15, 0.2) is 66.7 Å². The van der Waals surface area contributed by atoms with E-state index >= 15 is 0 Å². The van der Waals surface area contributed by atoms with Gasteiger partial charge in [0, 0.05) is 17.7 Å². The Morgan fingerprint density at radius 1 is 0.929 bits per heavy atom. The molecule has 0 aliphatic carbocycles. The molecule has 6 nitrogen and oxygen atoms in total. The summed E-state index contributed by atoms with van der Waals surface area (Å²) < 4.78 is 5.71. The molecule has 6 heteroatoms. The van der Waals surface area contributed by atoms with Gasteiger partial charge in [0.15, 0.2) is 6.79 Å². The minimum atomic E-state index is -0.633. The SMILES string of the molecule is CC(OCOOC(C)(C)c1ccccc1)c1ccccc1N1C(=O)C=CC1=O. The summed E-state index contributed by atoms with van der Waals surface area (Å²) in [6, 6.07) is 16.9. The van der Waals surface area contributed by atoms with Crippen molar-refractivity contribution in [3.05, 3.63) is 77.9 Å². The summed E-state index contributed by atoms with van der Waals surface area (Å²) in [6.45, 7) is 5.52. The third-order valence-corrected chi connectivity index (χ3v) is 4.53. The van der Waals surface area contributed by atoms with Crippen LogP contribution in [0.3, 0.4) is 0 Å². The number of hydrogen-bond acceptors (Lipinski definition) is 5. The Labute approximate surface area is 164 Å². The van der Waals surface area contributed by atoms with Gasteiger partial charge in [-0.1, -0.05) is 48.5 Å². The molecule has 0 radical (unpaired) electrons. The van der Waals surface area contributed by atoms with Crippen LogP contribution in [-0.2, 0) is 29.7 Å². The van der Waals surface area contributed by atoms with Crippen LogP contribution >= 0.6 is 0 Å². The first-order valence-electron chi connectivity index (χ1n) is 9.03. The summed E-state index contributed by atoms with van der Waals surface area (Å²) in [7, 11) is 0. The fourth-order valence-corrected chi connectivity index (χ4v) is 2.95. The van der Waals surface area contributed by atoms with E-state index in [0.717, 1.165) is 10.5 Å². The van der Waals surface area contributed by atoms with Crippen LogP contribution in [0, 0.1) is 0 Å². The lowest BCUT2D eigenvalue weighted by molar-refractivity contribution is -0.393. The summed E-state index contributed by atoms with van der Waals surface area (Å²) in [6.07, 6.45) is 2.10. The van der Waals surface area contributed by atoms with Crippen molar-refractivity contribution in [3.8, 4) is 0 Å². The van der Waals surface area contributed by atoms with Gasteiger partial charge in [0.2, 0.25) is 0 Å². The Bertz CT molecular complexity index is 858. The zero-order valence-corrected chi connectivity index (χ0v) is 16.1. The number of carbonyl (C=O) groups is 2. The molecule has 2 aromatic carbocycles. The predicted molar refractivity (Wildman–Crippen MR) is 104 cm³/mol. The third-order valence-electron chi connectivity index (χ3n) is 4.53. The van der Waals surface area contributed by atoms with Gasteiger partial charge in [-0.05, 0) is 32.4 Å². The lowest BCUT2D eigenvalue weighted by Crippen LogP contribution is -2.31. The van der Waals surface area contributed by atoms with Crippen molar-refractivity contribution in [2.45, 2.75) is 32.5 Å². The van der Waals surface area contributed by atoms with Crippen molar-refractivity contribution >= 4 is 17.5 Å². The molecule has 0 bridgehead atoms. The van der Waals surface area contributed by atoms with Crippen LogP contribution in [0.25, 0.3) is 0 Å². The van der Waals surface area contributed by atoms with E-state index in [2.05, 4.69) is 0 Å². The fourth-order valence-electron chi connectivity index (χ4n) is 2.95. The second kappa shape index (κ2) is 8.48. The van der Waals surface area contributed by atoms with E-state index in [0.29, 0.717) is 11.3 Å². The van der Waals surface area contributed by atoms with Gasteiger partial charge >= 0.3 is 0 Å². The van der Waals surface area contributed by atoms with E-state index in [9.17, 15) is 9.59 Å². The van der Waals surface area contributed by atoms with E-state index in [-0.39, 0.29) is 18.6 Å². The Morgan fingerprint density at radius 2 is 1.54 bits per heavy atom. The molecule has 0 N–H and O–H groups in total. The highest BCUT2D eigenvalue weighted by atomic mass is 17.2. The first kappa shape index (κ1) is 19.9. The average Bonchev–Trinajstić information content (AvgIpc) is 3.04. The molecular formula is C22H23NO5. The first-order valence-corrected chi connectivity index (χ1v) is 9.03. The highest BCUT2D eigenvalue weighted by molar-refractivity contribution is 6.28. The zero-order valence-electron chi connectivity index (χ0n) is 16.1. The number of para-hydroxylation sites is 1. The molecule has 2 aromatic rings. The first-order chi connectivity index (χ1) is 13.4. The van der Waals surface area contributed by atoms with Crippen LogP contribution < -0.4 is 4.90 Å². The number of rotatable bonds is 8. The molecule has 2 amide bonds. The number of carbonyl (C=O) groups excluding carboxylic acids is 2. The Balaban J connectivity index is 1.60. The number of hydrogen-bond donors (Lipinski definition) is 0. The van der Waals surface area contributed by atoms with E-state index < -0.39 is 11.7 Å². The predicted octanol–water partition coefficient (Wildman–Crippen LogP) is 4.03. The van der Waals surface area contributed by atoms with Crippen LogP contribution in [0.5, 0.6) is 0 Å². The number of benzene rings is 2. The van der Waals surface area contributed by atoms with Crippen LogP contribution in [-0.4, -0.2) is 18.6 Å². The van der Waals surface area contributed by atoms with E-state index in [4.69, 9.17) is 14.5 Å². The van der Waals surface area contributed by atoms with Crippen LogP contribution in [0.4, 0.5) is 5.69 Å². The van der Waals surface area contributed by atoms with Crippen molar-refractivity contribution in [2.24, 2.45) is 0 Å². The monoisotopic (exact) mass is 381 g/mol. The number of imide groups is 1. The largest absolute Gasteiger partial charge is 0.345 e. The molecule has 0 spiro atoms. The van der Waals surface area contributed by atoms with Gasteiger partial charge in [-0.15, -0.1) is 0 Å². The smallest absolute Gasteiger partial charge is 0.258 e. The molecule has 0 aromatic heterocycles. The van der Waals surface area contributed by atoms with E-state index in [1.165, 1.54) is 12.2 Å². The van der Waals surface area contributed by atoms with Gasteiger partial charge in [0.25, 0.3) is 11.8 Å². The van der Waals surface area contributed by atoms with Gasteiger partial charge in [0.05, 0.1) is 11.8 Å². The summed E-state index contributed by atoms with van der Waals surface area (Å²) in [5.41, 5.74) is 1.55. The van der Waals surface area contributed by atoms with Gasteiger partial charge in [-0.3, -0.25) is 9.59 Å². The lowest BCUT2D eigenvalue weighted by atomic mass is 9.99. The van der Waals surface area contributed by atoms with E-state index in [1.807, 2.05) is 63.2 Å². The van der Waals surface area contributed by atoms with Gasteiger partial charge < -0.3 is 4.74 Å². The summed E-state index contributed by atoms with van der Waals surface area (Å²) in [5, 5.41) is 0. The van der Waals surface area contributed by atoms with Gasteiger partial charge in [-0.2, -0.15) is 0 Å². The Hall–Kier alpha value is -2.80. The number of anilines is 1. The summed E-state index contributed by atoms with van der Waals surface area (Å²) in [5.74, 6) is -0.734. The quantitative estimate of drug-likeness (QED) is 0.227. The molecular weight excluding hydrogens is 358 g/mol. The molecule has 1 heterocycles. The van der Waals surface area contributed by atoms with Crippen LogP contribution in [0.1, 0.15) is 38.0 Å². The normalized spacial score (nSPS) is 15.3. The molecule has 1 unspecified atom stereocenters. The minimum Gasteiger partial charge on any atom is -0.345 e. The third kappa shape index (κ3) is 4.36. The topological polar surface area (TPSA) is 65.1 Å². The maximum Gasteiger partial charge on any atom is 0.258 e. The fraction of sp³-hybridized carbons (Fsp3) is 0.273. The highest BCUT2D eigenvalue weighted by Crippen LogP contribution is 2.31. The molecule has 1 aliphatic heterocycles. The lowest BCUT2D eigenvalue weighted by Gasteiger charge is -2.25. The minimum absolute atomic E-state index is 0.105. The zero-order chi connectivity index (χ0) is 20.1. The molecule has 0 fully saturated rings. The van der Waals surface area contributed by atoms with Crippen molar-refractivity contribution in [3.63, 3.8) is 0 Å². The molecule has 1 aliphatic rings. The van der Waals surface area contributed by atoms with Crippen LogP contribution in [0.2, 0.25) is 0 Å². The molecule has 3 rings (SSSR count). The second-order valence-corrected chi connectivity index (χ2v) is 6.91. The van der Waals surface area contributed by atoms with E-state index in [1.54, 1.807) is 12.1 Å². The van der Waals surface area contributed by atoms with Crippen molar-refractivity contribution < 1.29 is 24.1 Å². The second-order valence-electron chi connectivity index (χ2n) is 6.91. The molecule has 1 atom stereocenters. The number of amides is 2. The molecule has 0 saturated carbocycles. The summed E-state index contributed by atoms with van der Waals surface area (Å²) >= 11 is 0. The molecule has 0 saturated heterocycles. The standard InChI is InChI=1S/C22H23NO5/c1-16(26-15-27-28-22(2,3)17-9-5-4-6-10-17)18-11-7-8-12-19(18)23-20(24)13-14-21(23)25/h4-14,16H,15H2,1-3H3. The Kier molecular flexibility index (Phi) is 6.04. The summed E-state index contributed by atoms with van der Waals surface area (Å²) in [4.78, 5) is 35.9. The number of nitrogens with zero attached hydrogens (tertiary/aromatic N) is 1.